The van der Waals surface area contributed by atoms with E-state index in [1.54, 1.807) is 36.4 Å². The predicted molar refractivity (Wildman–Crippen MR) is 159 cm³/mol. The van der Waals surface area contributed by atoms with Crippen LogP contribution in [0.15, 0.2) is 82.2 Å². The fraction of sp³-hybridized carbons (Fsp3) is 0.333. The number of carbonyl (C=O) groups is 2. The summed E-state index contributed by atoms with van der Waals surface area (Å²) in [5.74, 6) is -0.718. The molecule has 0 fully saturated rings. The number of amides is 2. The van der Waals surface area contributed by atoms with Gasteiger partial charge in [0.05, 0.1) is 10.6 Å². The second kappa shape index (κ2) is 13.8. The van der Waals surface area contributed by atoms with E-state index in [4.69, 9.17) is 0 Å². The molecule has 1 N–H and O–H groups in total. The first kappa shape index (κ1) is 30.4. The SMILES string of the molecule is CCCNC(=O)C(CC)N(Cc1ccc(C)cc1)C(=O)CN(c1ccc(Br)cc1)S(=O)(=O)c1ccc(C)cc1. The molecule has 1 unspecified atom stereocenters. The molecular weight excluding hydrogens is 578 g/mol. The van der Waals surface area contributed by atoms with Gasteiger partial charge in [0.1, 0.15) is 12.6 Å². The van der Waals surface area contributed by atoms with Crippen LogP contribution >= 0.6 is 15.9 Å². The molecule has 0 aliphatic rings. The second-order valence-electron chi connectivity index (χ2n) is 9.52. The summed E-state index contributed by atoms with van der Waals surface area (Å²) in [7, 11) is -4.09. The molecule has 1 atom stereocenters. The number of benzene rings is 3. The van der Waals surface area contributed by atoms with Gasteiger partial charge in [-0.1, -0.05) is 77.3 Å². The predicted octanol–water partition coefficient (Wildman–Crippen LogP) is 5.59. The van der Waals surface area contributed by atoms with Crippen molar-refractivity contribution in [1.82, 2.24) is 10.2 Å². The van der Waals surface area contributed by atoms with Crippen molar-refractivity contribution in [2.24, 2.45) is 0 Å². The van der Waals surface area contributed by atoms with Crippen LogP contribution in [0.25, 0.3) is 0 Å². The third-order valence-corrected chi connectivity index (χ3v) is 8.73. The standard InChI is InChI=1S/C30H36BrN3O4S/c1-5-19-32-30(36)28(6-2)33(20-24-11-7-22(3)8-12-24)29(35)21-34(26-15-13-25(31)14-16-26)39(37,38)27-17-9-23(4)10-18-27/h7-18,28H,5-6,19-21H2,1-4H3,(H,32,36). The van der Waals surface area contributed by atoms with Gasteiger partial charge in [0.25, 0.3) is 10.0 Å². The van der Waals surface area contributed by atoms with E-state index < -0.39 is 28.5 Å². The molecule has 0 aromatic heterocycles. The summed E-state index contributed by atoms with van der Waals surface area (Å²) >= 11 is 3.39. The number of anilines is 1. The van der Waals surface area contributed by atoms with Gasteiger partial charge in [-0.15, -0.1) is 0 Å². The Balaban J connectivity index is 2.03. The topological polar surface area (TPSA) is 86.8 Å². The quantitative estimate of drug-likeness (QED) is 0.288. The highest BCUT2D eigenvalue weighted by Crippen LogP contribution is 2.26. The molecule has 3 rings (SSSR count). The number of halogens is 1. The number of hydrogen-bond acceptors (Lipinski definition) is 4. The molecule has 3 aromatic carbocycles. The van der Waals surface area contributed by atoms with E-state index in [0.29, 0.717) is 18.7 Å². The largest absolute Gasteiger partial charge is 0.354 e. The summed E-state index contributed by atoms with van der Waals surface area (Å²) in [6, 6.07) is 20.3. The van der Waals surface area contributed by atoms with Crippen LogP contribution in [0.4, 0.5) is 5.69 Å². The molecule has 3 aromatic rings. The zero-order valence-corrected chi connectivity index (χ0v) is 25.3. The van der Waals surface area contributed by atoms with Crippen molar-refractivity contribution in [1.29, 1.82) is 0 Å². The minimum atomic E-state index is -4.09. The minimum absolute atomic E-state index is 0.0848. The maximum absolute atomic E-state index is 14.0. The fourth-order valence-electron chi connectivity index (χ4n) is 4.15. The van der Waals surface area contributed by atoms with Crippen LogP contribution in [0.1, 0.15) is 43.4 Å². The van der Waals surface area contributed by atoms with Crippen molar-refractivity contribution < 1.29 is 18.0 Å². The van der Waals surface area contributed by atoms with Crippen molar-refractivity contribution in [2.75, 3.05) is 17.4 Å². The molecule has 0 aliphatic carbocycles. The van der Waals surface area contributed by atoms with Crippen LogP contribution < -0.4 is 9.62 Å². The van der Waals surface area contributed by atoms with Gasteiger partial charge in [0.2, 0.25) is 11.8 Å². The van der Waals surface area contributed by atoms with Gasteiger partial charge >= 0.3 is 0 Å². The first-order chi connectivity index (χ1) is 18.6. The van der Waals surface area contributed by atoms with E-state index in [2.05, 4.69) is 21.2 Å². The lowest BCUT2D eigenvalue weighted by Crippen LogP contribution is -2.52. The lowest BCUT2D eigenvalue weighted by molar-refractivity contribution is -0.140. The van der Waals surface area contributed by atoms with Crippen LogP contribution in [0.5, 0.6) is 0 Å². The molecule has 0 spiro atoms. The molecule has 7 nitrogen and oxygen atoms in total. The van der Waals surface area contributed by atoms with Crippen LogP contribution in [0.3, 0.4) is 0 Å². The summed E-state index contributed by atoms with van der Waals surface area (Å²) in [5.41, 5.74) is 3.21. The van der Waals surface area contributed by atoms with Crippen molar-refractivity contribution >= 4 is 43.5 Å². The number of rotatable bonds is 12. The van der Waals surface area contributed by atoms with Gasteiger partial charge < -0.3 is 10.2 Å². The molecule has 0 bridgehead atoms. The smallest absolute Gasteiger partial charge is 0.264 e. The number of nitrogens with zero attached hydrogens (tertiary/aromatic N) is 2. The number of aryl methyl sites for hydroxylation is 2. The molecule has 0 aliphatic heterocycles. The van der Waals surface area contributed by atoms with Gasteiger partial charge in [0.15, 0.2) is 0 Å². The molecule has 0 saturated heterocycles. The molecule has 2 amide bonds. The summed E-state index contributed by atoms with van der Waals surface area (Å²) in [6.45, 7) is 7.88. The average Bonchev–Trinajstić information content (AvgIpc) is 2.92. The molecule has 0 saturated carbocycles. The Morgan fingerprint density at radius 3 is 1.97 bits per heavy atom. The van der Waals surface area contributed by atoms with Gasteiger partial charge in [-0.3, -0.25) is 13.9 Å². The van der Waals surface area contributed by atoms with Crippen LogP contribution in [-0.2, 0) is 26.2 Å². The van der Waals surface area contributed by atoms with Gasteiger partial charge in [-0.05, 0) is 68.7 Å². The number of carbonyl (C=O) groups excluding carboxylic acids is 2. The lowest BCUT2D eigenvalue weighted by atomic mass is 10.1. The van der Waals surface area contributed by atoms with Crippen molar-refractivity contribution in [3.63, 3.8) is 0 Å². The third-order valence-electron chi connectivity index (χ3n) is 6.41. The van der Waals surface area contributed by atoms with E-state index >= 15 is 0 Å². The molecule has 0 heterocycles. The van der Waals surface area contributed by atoms with Crippen molar-refractivity contribution in [3.05, 3.63) is 94.0 Å². The van der Waals surface area contributed by atoms with E-state index in [1.807, 2.05) is 52.0 Å². The van der Waals surface area contributed by atoms with E-state index in [0.717, 1.165) is 31.9 Å². The highest BCUT2D eigenvalue weighted by atomic mass is 79.9. The molecule has 208 valence electrons. The molecular formula is C30H36BrN3O4S. The highest BCUT2D eigenvalue weighted by molar-refractivity contribution is 9.10. The zero-order valence-electron chi connectivity index (χ0n) is 22.9. The van der Waals surface area contributed by atoms with Gasteiger partial charge in [0, 0.05) is 17.6 Å². The second-order valence-corrected chi connectivity index (χ2v) is 12.3. The van der Waals surface area contributed by atoms with Crippen LogP contribution in [0.2, 0.25) is 0 Å². The summed E-state index contributed by atoms with van der Waals surface area (Å²) < 4.78 is 29.6. The Morgan fingerprint density at radius 2 is 1.44 bits per heavy atom. The maximum atomic E-state index is 14.0. The number of nitrogens with one attached hydrogen (secondary N) is 1. The zero-order chi connectivity index (χ0) is 28.6. The Hall–Kier alpha value is -3.17. The number of hydrogen-bond donors (Lipinski definition) is 1. The Kier molecular flexibility index (Phi) is 10.7. The minimum Gasteiger partial charge on any atom is -0.354 e. The Morgan fingerprint density at radius 1 is 0.872 bits per heavy atom. The monoisotopic (exact) mass is 613 g/mol. The number of sulfonamides is 1. The summed E-state index contributed by atoms with van der Waals surface area (Å²) in [5, 5.41) is 2.90. The van der Waals surface area contributed by atoms with Gasteiger partial charge in [-0.2, -0.15) is 0 Å². The van der Waals surface area contributed by atoms with E-state index in [1.165, 1.54) is 17.0 Å². The maximum Gasteiger partial charge on any atom is 0.264 e. The van der Waals surface area contributed by atoms with E-state index in [9.17, 15) is 18.0 Å². The summed E-state index contributed by atoms with van der Waals surface area (Å²) in [4.78, 5) is 28.7. The molecule has 39 heavy (non-hydrogen) atoms. The van der Waals surface area contributed by atoms with Gasteiger partial charge in [-0.25, -0.2) is 8.42 Å². The van der Waals surface area contributed by atoms with Crippen LogP contribution in [0, 0.1) is 13.8 Å². The van der Waals surface area contributed by atoms with Crippen molar-refractivity contribution in [2.45, 2.75) is 58.0 Å². The van der Waals surface area contributed by atoms with Crippen LogP contribution in [-0.4, -0.2) is 44.3 Å². The lowest BCUT2D eigenvalue weighted by Gasteiger charge is -2.33. The first-order valence-electron chi connectivity index (χ1n) is 13.0. The normalized spacial score (nSPS) is 12.0. The highest BCUT2D eigenvalue weighted by Gasteiger charge is 2.33. The Labute approximate surface area is 240 Å². The summed E-state index contributed by atoms with van der Waals surface area (Å²) in [6.07, 6.45) is 1.15. The third kappa shape index (κ3) is 7.92. The molecule has 9 heteroatoms. The van der Waals surface area contributed by atoms with E-state index in [-0.39, 0.29) is 17.3 Å². The van der Waals surface area contributed by atoms with Crippen molar-refractivity contribution in [3.8, 4) is 0 Å². The first-order valence-corrected chi connectivity index (χ1v) is 15.3. The molecule has 0 radical (unpaired) electrons. The average molecular weight is 615 g/mol. The Bertz CT molecular complexity index is 1360. The fourth-order valence-corrected chi connectivity index (χ4v) is 5.83.